The first-order valence-electron chi connectivity index (χ1n) is 7.69. The number of carbonyl (C=O) groups is 1. The van der Waals surface area contributed by atoms with E-state index in [4.69, 9.17) is 5.73 Å². The molecular formula is C16H16N4OS3. The van der Waals surface area contributed by atoms with Gasteiger partial charge in [0.05, 0.1) is 17.2 Å². The third-order valence-corrected chi connectivity index (χ3v) is 6.72. The van der Waals surface area contributed by atoms with Crippen molar-refractivity contribution in [3.05, 3.63) is 33.8 Å². The second-order valence-corrected chi connectivity index (χ2v) is 8.40. The van der Waals surface area contributed by atoms with E-state index in [0.29, 0.717) is 16.7 Å². The molecule has 4 heterocycles. The zero-order valence-corrected chi connectivity index (χ0v) is 15.3. The van der Waals surface area contributed by atoms with E-state index in [9.17, 15) is 4.79 Å². The number of nitrogen functional groups attached to an aromatic ring is 1. The summed E-state index contributed by atoms with van der Waals surface area (Å²) < 4.78 is 0. The number of nitrogens with zero attached hydrogens (tertiary/aromatic N) is 3. The predicted octanol–water partition coefficient (Wildman–Crippen LogP) is 3.79. The topological polar surface area (TPSA) is 72.1 Å². The number of rotatable bonds is 4. The molecule has 2 N–H and O–H groups in total. The summed E-state index contributed by atoms with van der Waals surface area (Å²) in [7, 11) is 0. The molecule has 1 aliphatic heterocycles. The number of aromatic nitrogens is 2. The van der Waals surface area contributed by atoms with E-state index in [1.54, 1.807) is 11.3 Å². The van der Waals surface area contributed by atoms with Gasteiger partial charge in [0.25, 0.3) is 0 Å². The van der Waals surface area contributed by atoms with Crippen molar-refractivity contribution in [2.75, 3.05) is 18.0 Å². The summed E-state index contributed by atoms with van der Waals surface area (Å²) in [5.74, 6) is 0.969. The van der Waals surface area contributed by atoms with Crippen molar-refractivity contribution in [2.24, 2.45) is 0 Å². The lowest BCUT2D eigenvalue weighted by Gasteiger charge is -2.23. The molecule has 0 radical (unpaired) electrons. The Morgan fingerprint density at radius 2 is 2.25 bits per heavy atom. The van der Waals surface area contributed by atoms with Gasteiger partial charge in [-0.2, -0.15) is 0 Å². The molecule has 0 saturated carbocycles. The highest BCUT2D eigenvalue weighted by Crippen LogP contribution is 2.35. The molecule has 1 aliphatic rings. The number of anilines is 1. The number of carbonyl (C=O) groups excluding carboxylic acids is 1. The number of fused-ring (bicyclic) bond motifs is 1. The van der Waals surface area contributed by atoms with Gasteiger partial charge in [-0.1, -0.05) is 17.8 Å². The van der Waals surface area contributed by atoms with Gasteiger partial charge in [-0.05, 0) is 35.7 Å². The molecule has 3 aromatic heterocycles. The van der Waals surface area contributed by atoms with E-state index in [1.807, 2.05) is 22.4 Å². The fourth-order valence-electron chi connectivity index (χ4n) is 2.97. The van der Waals surface area contributed by atoms with Crippen molar-refractivity contribution in [2.45, 2.75) is 24.0 Å². The Morgan fingerprint density at radius 1 is 1.33 bits per heavy atom. The SMILES string of the molecule is Nc1nc(SCC(=O)N2CCC[C@@H]2c2cccs2)nc2sccc12. The molecule has 8 heteroatoms. The molecule has 0 spiro atoms. The standard InChI is InChI=1S/C16H16N4OS3/c17-14-10-5-8-23-15(10)19-16(18-14)24-9-13(21)20-6-1-3-11(20)12-4-2-7-22-12/h2,4-5,7-8,11H,1,3,6,9H2,(H2,17,18,19)/t11-/m1/s1. The molecule has 4 rings (SSSR count). The fraction of sp³-hybridized carbons (Fsp3) is 0.312. The van der Waals surface area contributed by atoms with E-state index in [1.165, 1.54) is 28.0 Å². The van der Waals surface area contributed by atoms with E-state index >= 15 is 0 Å². The second kappa shape index (κ2) is 6.70. The molecule has 0 aliphatic carbocycles. The predicted molar refractivity (Wildman–Crippen MR) is 101 cm³/mol. The molecule has 1 atom stereocenters. The van der Waals surface area contributed by atoms with Gasteiger partial charge in [-0.3, -0.25) is 4.79 Å². The largest absolute Gasteiger partial charge is 0.383 e. The van der Waals surface area contributed by atoms with Crippen LogP contribution < -0.4 is 5.73 Å². The second-order valence-electron chi connectivity index (χ2n) is 5.58. The van der Waals surface area contributed by atoms with Gasteiger partial charge in [0.2, 0.25) is 5.91 Å². The Morgan fingerprint density at radius 3 is 3.08 bits per heavy atom. The summed E-state index contributed by atoms with van der Waals surface area (Å²) in [6.45, 7) is 0.828. The van der Waals surface area contributed by atoms with Crippen LogP contribution in [0.25, 0.3) is 10.2 Å². The Kier molecular flexibility index (Phi) is 4.43. The molecular weight excluding hydrogens is 360 g/mol. The van der Waals surface area contributed by atoms with Crippen molar-refractivity contribution in [1.82, 2.24) is 14.9 Å². The number of thioether (sulfide) groups is 1. The van der Waals surface area contributed by atoms with Gasteiger partial charge in [0.1, 0.15) is 10.6 Å². The monoisotopic (exact) mass is 376 g/mol. The lowest BCUT2D eigenvalue weighted by molar-refractivity contribution is -0.129. The third kappa shape index (κ3) is 3.01. The summed E-state index contributed by atoms with van der Waals surface area (Å²) in [5.41, 5.74) is 5.96. The smallest absolute Gasteiger partial charge is 0.233 e. The van der Waals surface area contributed by atoms with Crippen LogP contribution in [-0.4, -0.2) is 33.1 Å². The average Bonchev–Trinajstić information content (AvgIpc) is 3.31. The molecule has 1 saturated heterocycles. The average molecular weight is 377 g/mol. The van der Waals surface area contributed by atoms with Crippen molar-refractivity contribution in [3.8, 4) is 0 Å². The number of thiophene rings is 2. The van der Waals surface area contributed by atoms with E-state index in [-0.39, 0.29) is 11.9 Å². The van der Waals surface area contributed by atoms with Gasteiger partial charge in [-0.15, -0.1) is 22.7 Å². The summed E-state index contributed by atoms with van der Waals surface area (Å²) in [4.78, 5) is 25.6. The van der Waals surface area contributed by atoms with E-state index in [0.717, 1.165) is 29.6 Å². The number of likely N-dealkylation sites (tertiary alicyclic amines) is 1. The van der Waals surface area contributed by atoms with Gasteiger partial charge in [-0.25, -0.2) is 9.97 Å². The van der Waals surface area contributed by atoms with E-state index < -0.39 is 0 Å². The van der Waals surface area contributed by atoms with E-state index in [2.05, 4.69) is 21.4 Å². The summed E-state index contributed by atoms with van der Waals surface area (Å²) in [6, 6.07) is 6.31. The Bertz CT molecular complexity index is 861. The zero-order valence-electron chi connectivity index (χ0n) is 12.8. The van der Waals surface area contributed by atoms with Crippen LogP contribution in [0.5, 0.6) is 0 Å². The van der Waals surface area contributed by atoms with Gasteiger partial charge >= 0.3 is 0 Å². The van der Waals surface area contributed by atoms with Crippen LogP contribution in [0.1, 0.15) is 23.8 Å². The number of hydrogen-bond acceptors (Lipinski definition) is 7. The molecule has 0 bridgehead atoms. The molecule has 124 valence electrons. The highest BCUT2D eigenvalue weighted by molar-refractivity contribution is 7.99. The lowest BCUT2D eigenvalue weighted by atomic mass is 10.2. The summed E-state index contributed by atoms with van der Waals surface area (Å²) in [5, 5.41) is 5.47. The fourth-order valence-corrected chi connectivity index (χ4v) is 5.41. The first-order valence-corrected chi connectivity index (χ1v) is 10.4. The van der Waals surface area contributed by atoms with Gasteiger partial charge in [0, 0.05) is 11.4 Å². The normalized spacial score (nSPS) is 17.7. The number of hydrogen-bond donors (Lipinski definition) is 1. The van der Waals surface area contributed by atoms with Crippen molar-refractivity contribution in [3.63, 3.8) is 0 Å². The summed E-state index contributed by atoms with van der Waals surface area (Å²) in [6.07, 6.45) is 2.10. The molecule has 5 nitrogen and oxygen atoms in total. The molecule has 0 unspecified atom stereocenters. The molecule has 1 amide bonds. The van der Waals surface area contributed by atoms with Crippen LogP contribution in [0.4, 0.5) is 5.82 Å². The Labute approximate surface area is 151 Å². The molecule has 0 aromatic carbocycles. The van der Waals surface area contributed by atoms with Crippen LogP contribution in [0, 0.1) is 0 Å². The highest BCUT2D eigenvalue weighted by Gasteiger charge is 2.30. The van der Waals surface area contributed by atoms with Crippen LogP contribution in [-0.2, 0) is 4.79 Å². The first-order chi connectivity index (χ1) is 11.7. The highest BCUT2D eigenvalue weighted by atomic mass is 32.2. The van der Waals surface area contributed by atoms with Crippen LogP contribution in [0.15, 0.2) is 34.1 Å². The Balaban J connectivity index is 1.45. The van der Waals surface area contributed by atoms with Gasteiger partial charge in [0.15, 0.2) is 5.16 Å². The minimum Gasteiger partial charge on any atom is -0.383 e. The molecule has 1 fully saturated rings. The first kappa shape index (κ1) is 15.9. The molecule has 24 heavy (non-hydrogen) atoms. The maximum absolute atomic E-state index is 12.6. The van der Waals surface area contributed by atoms with Crippen LogP contribution >= 0.6 is 34.4 Å². The summed E-state index contributed by atoms with van der Waals surface area (Å²) >= 11 is 4.62. The Hall–Kier alpha value is -1.64. The minimum atomic E-state index is 0.143. The van der Waals surface area contributed by atoms with Crippen molar-refractivity contribution < 1.29 is 4.79 Å². The number of nitrogens with two attached hydrogens (primary N) is 1. The zero-order chi connectivity index (χ0) is 16.5. The third-order valence-electron chi connectivity index (χ3n) is 4.10. The van der Waals surface area contributed by atoms with Gasteiger partial charge < -0.3 is 10.6 Å². The van der Waals surface area contributed by atoms with Crippen molar-refractivity contribution >= 4 is 56.4 Å². The molecule has 3 aromatic rings. The number of amides is 1. The maximum atomic E-state index is 12.6. The lowest BCUT2D eigenvalue weighted by Crippen LogP contribution is -2.31. The minimum absolute atomic E-state index is 0.143. The maximum Gasteiger partial charge on any atom is 0.233 e. The van der Waals surface area contributed by atoms with Crippen molar-refractivity contribution in [1.29, 1.82) is 0 Å². The quantitative estimate of drug-likeness (QED) is 0.554. The van der Waals surface area contributed by atoms with Crippen LogP contribution in [0.3, 0.4) is 0 Å². The van der Waals surface area contributed by atoms with Crippen LogP contribution in [0.2, 0.25) is 0 Å².